The van der Waals surface area contributed by atoms with Gasteiger partial charge in [0.2, 0.25) is 0 Å². The number of anilines is 2. The van der Waals surface area contributed by atoms with E-state index in [1.54, 1.807) is 18.2 Å². The lowest BCUT2D eigenvalue weighted by Crippen LogP contribution is -2.34. The third-order valence-corrected chi connectivity index (χ3v) is 4.93. The molecule has 1 fully saturated rings. The summed E-state index contributed by atoms with van der Waals surface area (Å²) in [5.41, 5.74) is 0.940. The number of thiocarbonyl (C=S) groups is 1. The van der Waals surface area contributed by atoms with Crippen LogP contribution >= 0.6 is 12.2 Å². The van der Waals surface area contributed by atoms with Gasteiger partial charge in [-0.3, -0.25) is 20.2 Å². The van der Waals surface area contributed by atoms with E-state index in [-0.39, 0.29) is 21.9 Å². The number of carbonyl (C=O) groups is 2. The molecule has 2 aromatic rings. The van der Waals surface area contributed by atoms with Crippen molar-refractivity contribution in [2.24, 2.45) is 0 Å². The minimum absolute atomic E-state index is 0.0506. The molecule has 1 aliphatic rings. The van der Waals surface area contributed by atoms with Gasteiger partial charge in [0, 0.05) is 30.4 Å². The maximum atomic E-state index is 12.5. The van der Waals surface area contributed by atoms with Crippen molar-refractivity contribution < 1.29 is 19.6 Å². The number of rotatable bonds is 5. The van der Waals surface area contributed by atoms with Crippen LogP contribution in [-0.4, -0.2) is 40.1 Å². The molecular weight excluding hydrogens is 408 g/mol. The van der Waals surface area contributed by atoms with Gasteiger partial charge in [0.1, 0.15) is 5.69 Å². The molecule has 30 heavy (non-hydrogen) atoms. The maximum absolute atomic E-state index is 12.5. The summed E-state index contributed by atoms with van der Waals surface area (Å²) in [5, 5.41) is 25.7. The smallest absolute Gasteiger partial charge is 0.335 e. The lowest BCUT2D eigenvalue weighted by atomic mass is 10.1. The van der Waals surface area contributed by atoms with Crippen LogP contribution in [0.3, 0.4) is 0 Å². The fraction of sp³-hybridized carbons (Fsp3) is 0.250. The van der Waals surface area contributed by atoms with Crippen LogP contribution in [0.25, 0.3) is 0 Å². The molecule has 1 heterocycles. The van der Waals surface area contributed by atoms with Gasteiger partial charge in [-0.25, -0.2) is 4.79 Å². The van der Waals surface area contributed by atoms with Gasteiger partial charge in [0.25, 0.3) is 11.6 Å². The second-order valence-electron chi connectivity index (χ2n) is 6.80. The largest absolute Gasteiger partial charge is 0.478 e. The molecule has 0 unspecified atom stereocenters. The number of hydrogen-bond donors (Lipinski definition) is 3. The van der Waals surface area contributed by atoms with E-state index < -0.39 is 16.8 Å². The number of nitro groups is 1. The Kier molecular flexibility index (Phi) is 6.58. The summed E-state index contributed by atoms with van der Waals surface area (Å²) >= 11 is 5.10. The van der Waals surface area contributed by atoms with E-state index in [1.807, 2.05) is 4.90 Å². The van der Waals surface area contributed by atoms with Crippen LogP contribution in [0.15, 0.2) is 42.5 Å². The lowest BCUT2D eigenvalue weighted by molar-refractivity contribution is -0.384. The molecule has 0 aliphatic carbocycles. The first-order chi connectivity index (χ1) is 14.3. The van der Waals surface area contributed by atoms with Crippen LogP contribution < -0.4 is 15.5 Å². The number of nitro benzene ring substituents is 1. The fourth-order valence-electron chi connectivity index (χ4n) is 3.28. The summed E-state index contributed by atoms with van der Waals surface area (Å²) in [4.78, 5) is 36.6. The monoisotopic (exact) mass is 428 g/mol. The first-order valence-electron chi connectivity index (χ1n) is 9.34. The van der Waals surface area contributed by atoms with Crippen molar-refractivity contribution in [2.75, 3.05) is 23.3 Å². The number of benzene rings is 2. The molecule has 0 aromatic heterocycles. The molecule has 0 radical (unpaired) electrons. The molecule has 0 atom stereocenters. The molecule has 1 amide bonds. The summed E-state index contributed by atoms with van der Waals surface area (Å²) in [6.45, 7) is 1.49. The Labute approximate surface area is 177 Å². The summed E-state index contributed by atoms with van der Waals surface area (Å²) in [6, 6.07) is 10.3. The van der Waals surface area contributed by atoms with Crippen LogP contribution in [0.2, 0.25) is 0 Å². The number of nitrogens with one attached hydrogen (secondary N) is 2. The van der Waals surface area contributed by atoms with Crippen molar-refractivity contribution in [1.29, 1.82) is 0 Å². The number of aromatic carboxylic acids is 1. The van der Waals surface area contributed by atoms with Gasteiger partial charge in [0.05, 0.1) is 10.5 Å². The Morgan fingerprint density at radius 3 is 2.47 bits per heavy atom. The first kappa shape index (κ1) is 21.2. The van der Waals surface area contributed by atoms with Gasteiger partial charge in [-0.2, -0.15) is 0 Å². The van der Waals surface area contributed by atoms with E-state index in [4.69, 9.17) is 17.3 Å². The third-order valence-electron chi connectivity index (χ3n) is 4.73. The van der Waals surface area contributed by atoms with Crippen molar-refractivity contribution in [3.63, 3.8) is 0 Å². The minimum atomic E-state index is -1.09. The topological polar surface area (TPSA) is 125 Å². The van der Waals surface area contributed by atoms with Gasteiger partial charge in [0.15, 0.2) is 5.11 Å². The molecule has 2 aromatic carbocycles. The quantitative estimate of drug-likeness (QED) is 0.376. The van der Waals surface area contributed by atoms with Gasteiger partial charge in [-0.15, -0.1) is 0 Å². The van der Waals surface area contributed by atoms with Crippen molar-refractivity contribution in [2.45, 2.75) is 19.3 Å². The second kappa shape index (κ2) is 9.31. The molecule has 1 saturated heterocycles. The SMILES string of the molecule is O=C(O)c1cccc(NC(=S)NC(=O)c2ccc(N3CCCCC3)c([N+](=O)[O-])c2)c1. The average molecular weight is 428 g/mol. The van der Waals surface area contributed by atoms with E-state index in [2.05, 4.69) is 10.6 Å². The van der Waals surface area contributed by atoms with E-state index in [9.17, 15) is 19.7 Å². The van der Waals surface area contributed by atoms with Crippen LogP contribution in [-0.2, 0) is 0 Å². The van der Waals surface area contributed by atoms with E-state index in [0.717, 1.165) is 32.4 Å². The Bertz CT molecular complexity index is 1000. The second-order valence-corrected chi connectivity index (χ2v) is 7.21. The molecule has 1 aliphatic heterocycles. The van der Waals surface area contributed by atoms with Crippen molar-refractivity contribution in [3.05, 3.63) is 63.7 Å². The number of amides is 1. The zero-order valence-corrected chi connectivity index (χ0v) is 16.8. The summed E-state index contributed by atoms with van der Waals surface area (Å²) in [5.74, 6) is -1.69. The molecule has 3 rings (SSSR count). The number of hydrogen-bond acceptors (Lipinski definition) is 6. The van der Waals surface area contributed by atoms with E-state index in [1.165, 1.54) is 24.3 Å². The highest BCUT2D eigenvalue weighted by molar-refractivity contribution is 7.80. The molecule has 3 N–H and O–H groups in total. The highest BCUT2D eigenvalue weighted by atomic mass is 32.1. The van der Waals surface area contributed by atoms with Gasteiger partial charge < -0.3 is 15.3 Å². The molecule has 156 valence electrons. The normalized spacial score (nSPS) is 13.4. The minimum Gasteiger partial charge on any atom is -0.478 e. The molecule has 0 saturated carbocycles. The maximum Gasteiger partial charge on any atom is 0.335 e. The van der Waals surface area contributed by atoms with Crippen LogP contribution in [0, 0.1) is 10.1 Å². The Morgan fingerprint density at radius 2 is 1.80 bits per heavy atom. The van der Waals surface area contributed by atoms with E-state index in [0.29, 0.717) is 11.4 Å². The number of carboxylic acid groups (broad SMARTS) is 1. The molecule has 9 nitrogen and oxygen atoms in total. The first-order valence-corrected chi connectivity index (χ1v) is 9.75. The van der Waals surface area contributed by atoms with Gasteiger partial charge >= 0.3 is 5.97 Å². The van der Waals surface area contributed by atoms with Crippen LogP contribution in [0.5, 0.6) is 0 Å². The van der Waals surface area contributed by atoms with Gasteiger partial charge in [-0.1, -0.05) is 6.07 Å². The van der Waals surface area contributed by atoms with Gasteiger partial charge in [-0.05, 0) is 61.8 Å². The number of nitrogens with zero attached hydrogens (tertiary/aromatic N) is 2. The Morgan fingerprint density at radius 1 is 1.07 bits per heavy atom. The number of carbonyl (C=O) groups excluding carboxylic acids is 1. The number of piperidine rings is 1. The van der Waals surface area contributed by atoms with Crippen LogP contribution in [0.4, 0.5) is 17.1 Å². The average Bonchev–Trinajstić information content (AvgIpc) is 2.74. The lowest BCUT2D eigenvalue weighted by Gasteiger charge is -2.28. The van der Waals surface area contributed by atoms with Crippen LogP contribution in [0.1, 0.15) is 40.0 Å². The summed E-state index contributed by atoms with van der Waals surface area (Å²) in [6.07, 6.45) is 3.05. The highest BCUT2D eigenvalue weighted by Crippen LogP contribution is 2.31. The Hall–Kier alpha value is -3.53. The molecule has 0 bridgehead atoms. The van der Waals surface area contributed by atoms with Crippen molar-refractivity contribution in [1.82, 2.24) is 5.32 Å². The highest BCUT2D eigenvalue weighted by Gasteiger charge is 2.23. The predicted molar refractivity (Wildman–Crippen MR) is 116 cm³/mol. The Balaban J connectivity index is 1.72. The zero-order valence-electron chi connectivity index (χ0n) is 16.0. The van der Waals surface area contributed by atoms with Crippen molar-refractivity contribution >= 4 is 46.3 Å². The standard InChI is InChI=1S/C20H20N4O5S/c25-18(22-20(30)21-15-6-4-5-14(11-15)19(26)27)13-7-8-16(17(12-13)24(28)29)23-9-2-1-3-10-23/h4-8,11-12H,1-3,9-10H2,(H,26,27)(H2,21,22,25,30). The zero-order chi connectivity index (χ0) is 21.7. The molecule has 10 heteroatoms. The molecular formula is C20H20N4O5S. The third kappa shape index (κ3) is 5.09. The summed E-state index contributed by atoms with van der Waals surface area (Å²) < 4.78 is 0. The number of carboxylic acids is 1. The van der Waals surface area contributed by atoms with Crippen molar-refractivity contribution in [3.8, 4) is 0 Å². The van der Waals surface area contributed by atoms with E-state index >= 15 is 0 Å². The predicted octanol–water partition coefficient (Wildman–Crippen LogP) is 3.41. The molecule has 0 spiro atoms. The fourth-order valence-corrected chi connectivity index (χ4v) is 3.49. The summed E-state index contributed by atoms with van der Waals surface area (Å²) in [7, 11) is 0.